The quantitative estimate of drug-likeness (QED) is 0.691. The highest BCUT2D eigenvalue weighted by atomic mass is 32.2. The van der Waals surface area contributed by atoms with Crippen molar-refractivity contribution < 1.29 is 18.9 Å². The van der Waals surface area contributed by atoms with Gasteiger partial charge in [-0.15, -0.1) is 4.36 Å². The number of aromatic nitrogens is 1. The van der Waals surface area contributed by atoms with Crippen LogP contribution < -0.4 is 10.5 Å². The predicted molar refractivity (Wildman–Crippen MR) is 113 cm³/mol. The normalized spacial score (nSPS) is 17.3. The minimum absolute atomic E-state index is 0.00473. The SMILES string of the molecule is CC(C)(O)c1ccc(S(N)(=O)=NC(=O)Nc2c3c(cc4c2C(=O)CC4)CCC3)cn1. The third kappa shape index (κ3) is 3.76. The number of hydrogen-bond acceptors (Lipinski definition) is 5. The number of Topliss-reactive ketones (excluding diaryl/α,β-unsaturated/α-hetero) is 1. The first-order valence-electron chi connectivity index (χ1n) is 9.82. The summed E-state index contributed by atoms with van der Waals surface area (Å²) in [4.78, 5) is 29.2. The number of urea groups is 1. The molecule has 4 N–H and O–H groups in total. The molecule has 30 heavy (non-hydrogen) atoms. The van der Waals surface area contributed by atoms with Gasteiger partial charge in [0.05, 0.1) is 16.3 Å². The van der Waals surface area contributed by atoms with E-state index >= 15 is 0 Å². The maximum Gasteiger partial charge on any atom is 0.354 e. The topological polar surface area (TPSA) is 135 Å². The van der Waals surface area contributed by atoms with Crippen molar-refractivity contribution in [2.45, 2.75) is 56.4 Å². The standard InChI is InChI=1S/C21H24N4O4S/c1-21(2,28)17-9-7-14(11-23-17)30(22,29)25-20(27)24-19-15-5-3-4-12(15)10-13-6-8-16(26)18(13)19/h7,9-11,28H,3-6,8H2,1-2H3,(H3,22,24,25,27,29). The van der Waals surface area contributed by atoms with E-state index in [9.17, 15) is 18.9 Å². The summed E-state index contributed by atoms with van der Waals surface area (Å²) >= 11 is 0. The zero-order valence-electron chi connectivity index (χ0n) is 16.9. The van der Waals surface area contributed by atoms with E-state index in [-0.39, 0.29) is 10.7 Å². The fraction of sp³-hybridized carbons (Fsp3) is 0.381. The molecule has 0 saturated heterocycles. The predicted octanol–water partition coefficient (Wildman–Crippen LogP) is 2.86. The van der Waals surface area contributed by atoms with Gasteiger partial charge >= 0.3 is 6.03 Å². The molecule has 1 aromatic heterocycles. The van der Waals surface area contributed by atoms with Crippen molar-refractivity contribution in [3.05, 3.63) is 52.3 Å². The average molecular weight is 429 g/mol. The molecular formula is C21H24N4O4S. The summed E-state index contributed by atoms with van der Waals surface area (Å²) in [6.07, 6.45) is 4.96. The lowest BCUT2D eigenvalue weighted by atomic mass is 9.98. The first-order valence-corrected chi connectivity index (χ1v) is 11.4. The van der Waals surface area contributed by atoms with Crippen LogP contribution in [0.2, 0.25) is 0 Å². The molecule has 1 aromatic carbocycles. The van der Waals surface area contributed by atoms with E-state index in [1.165, 1.54) is 18.3 Å². The fourth-order valence-corrected chi connectivity index (χ4v) is 4.92. The number of ketones is 1. The third-order valence-corrected chi connectivity index (χ3v) is 6.89. The van der Waals surface area contributed by atoms with Gasteiger partial charge < -0.3 is 10.4 Å². The molecule has 2 amide bonds. The smallest absolute Gasteiger partial charge is 0.354 e. The second-order valence-electron chi connectivity index (χ2n) is 8.23. The van der Waals surface area contributed by atoms with Gasteiger partial charge in [-0.3, -0.25) is 9.78 Å². The highest BCUT2D eigenvalue weighted by molar-refractivity contribution is 7.91. The van der Waals surface area contributed by atoms with Crippen LogP contribution in [0.25, 0.3) is 0 Å². The lowest BCUT2D eigenvalue weighted by Gasteiger charge is -2.16. The first-order chi connectivity index (χ1) is 14.1. The molecule has 1 atom stereocenters. The summed E-state index contributed by atoms with van der Waals surface area (Å²) in [5, 5.41) is 18.5. The van der Waals surface area contributed by atoms with Crippen molar-refractivity contribution in [1.82, 2.24) is 4.98 Å². The molecule has 158 valence electrons. The zero-order valence-corrected chi connectivity index (χ0v) is 17.7. The molecule has 0 saturated carbocycles. The number of fused-ring (bicyclic) bond motifs is 2. The summed E-state index contributed by atoms with van der Waals surface area (Å²) < 4.78 is 16.5. The Labute approximate surface area is 175 Å². The lowest BCUT2D eigenvalue weighted by Crippen LogP contribution is -2.21. The fourth-order valence-electron chi connectivity index (χ4n) is 4.05. The Kier molecular flexibility index (Phi) is 5.00. The van der Waals surface area contributed by atoms with Gasteiger partial charge in [0.15, 0.2) is 5.78 Å². The number of pyridine rings is 1. The summed E-state index contributed by atoms with van der Waals surface area (Å²) in [7, 11) is -3.55. The number of carbonyl (C=O) groups is 2. The summed E-state index contributed by atoms with van der Waals surface area (Å²) in [5.41, 5.74) is 3.27. The summed E-state index contributed by atoms with van der Waals surface area (Å²) in [6.45, 7) is 3.15. The van der Waals surface area contributed by atoms with E-state index in [1.807, 2.05) is 0 Å². The Balaban J connectivity index is 1.66. The number of nitrogens with two attached hydrogens (primary N) is 1. The van der Waals surface area contributed by atoms with E-state index in [1.54, 1.807) is 13.8 Å². The van der Waals surface area contributed by atoms with Gasteiger partial charge in [-0.05, 0) is 68.4 Å². The zero-order chi connectivity index (χ0) is 21.7. The molecule has 0 fully saturated rings. The van der Waals surface area contributed by atoms with Gasteiger partial charge in [-0.2, -0.15) is 0 Å². The van der Waals surface area contributed by atoms with Crippen LogP contribution in [-0.2, 0) is 34.8 Å². The van der Waals surface area contributed by atoms with E-state index in [0.717, 1.165) is 36.0 Å². The third-order valence-electron chi connectivity index (χ3n) is 5.53. The summed E-state index contributed by atoms with van der Waals surface area (Å²) in [5.74, 6) is -0.00473. The van der Waals surface area contributed by atoms with E-state index in [0.29, 0.717) is 29.8 Å². The number of benzene rings is 1. The van der Waals surface area contributed by atoms with Crippen molar-refractivity contribution in [3.63, 3.8) is 0 Å². The minimum atomic E-state index is -3.55. The van der Waals surface area contributed by atoms with Gasteiger partial charge in [-0.25, -0.2) is 14.1 Å². The van der Waals surface area contributed by atoms with Crippen molar-refractivity contribution in [2.75, 3.05) is 5.32 Å². The van der Waals surface area contributed by atoms with Crippen LogP contribution in [-0.4, -0.2) is 26.1 Å². The van der Waals surface area contributed by atoms with Crippen LogP contribution >= 0.6 is 0 Å². The molecule has 2 aliphatic rings. The Morgan fingerprint density at radius 2 is 2.00 bits per heavy atom. The maximum atomic E-state index is 12.9. The molecule has 4 rings (SSSR count). The molecule has 0 radical (unpaired) electrons. The largest absolute Gasteiger partial charge is 0.384 e. The molecule has 0 spiro atoms. The second kappa shape index (κ2) is 7.26. The van der Waals surface area contributed by atoms with Gasteiger partial charge in [-0.1, -0.05) is 6.07 Å². The monoisotopic (exact) mass is 428 g/mol. The number of rotatable bonds is 3. The van der Waals surface area contributed by atoms with E-state index in [4.69, 9.17) is 5.14 Å². The van der Waals surface area contributed by atoms with Gasteiger partial charge in [0.1, 0.15) is 15.5 Å². The van der Waals surface area contributed by atoms with Crippen molar-refractivity contribution in [2.24, 2.45) is 9.50 Å². The Morgan fingerprint density at radius 3 is 2.67 bits per heavy atom. The summed E-state index contributed by atoms with van der Waals surface area (Å²) in [6, 6.07) is 4.12. The molecule has 9 heteroatoms. The number of nitrogens with one attached hydrogen (secondary N) is 1. The van der Waals surface area contributed by atoms with Crippen LogP contribution in [0.15, 0.2) is 33.7 Å². The number of aryl methyl sites for hydroxylation is 2. The molecule has 0 bridgehead atoms. The van der Waals surface area contributed by atoms with Gasteiger partial charge in [0.2, 0.25) is 0 Å². The average Bonchev–Trinajstić information content (AvgIpc) is 3.27. The highest BCUT2D eigenvalue weighted by Gasteiger charge is 2.30. The van der Waals surface area contributed by atoms with Gasteiger partial charge in [0, 0.05) is 18.2 Å². The molecule has 2 aliphatic carbocycles. The Morgan fingerprint density at radius 1 is 1.23 bits per heavy atom. The van der Waals surface area contributed by atoms with Crippen molar-refractivity contribution >= 4 is 27.4 Å². The number of carbonyl (C=O) groups excluding carboxylic acids is 2. The van der Waals surface area contributed by atoms with Crippen LogP contribution in [0.3, 0.4) is 0 Å². The Hall–Kier alpha value is -2.62. The van der Waals surface area contributed by atoms with Crippen molar-refractivity contribution in [3.8, 4) is 0 Å². The van der Waals surface area contributed by atoms with Crippen LogP contribution in [0.4, 0.5) is 10.5 Å². The van der Waals surface area contributed by atoms with Crippen LogP contribution in [0.5, 0.6) is 0 Å². The van der Waals surface area contributed by atoms with Gasteiger partial charge in [0.25, 0.3) is 0 Å². The number of amides is 2. The molecule has 0 aliphatic heterocycles. The number of hydrogen-bond donors (Lipinski definition) is 3. The lowest BCUT2D eigenvalue weighted by molar-refractivity contribution is 0.0737. The first kappa shape index (κ1) is 20.6. The maximum absolute atomic E-state index is 12.9. The van der Waals surface area contributed by atoms with E-state index in [2.05, 4.69) is 20.7 Å². The van der Waals surface area contributed by atoms with E-state index < -0.39 is 21.5 Å². The second-order valence-corrected chi connectivity index (χ2v) is 10.0. The van der Waals surface area contributed by atoms with Crippen LogP contribution in [0, 0.1) is 0 Å². The molecule has 1 heterocycles. The molecular weight excluding hydrogens is 404 g/mol. The number of nitrogens with zero attached hydrogens (tertiary/aromatic N) is 2. The van der Waals surface area contributed by atoms with Crippen LogP contribution in [0.1, 0.15) is 59.4 Å². The minimum Gasteiger partial charge on any atom is -0.384 e. The molecule has 8 nitrogen and oxygen atoms in total. The van der Waals surface area contributed by atoms with Crippen molar-refractivity contribution in [1.29, 1.82) is 0 Å². The number of aliphatic hydroxyl groups is 1. The Bertz CT molecular complexity index is 1170. The molecule has 2 aromatic rings. The number of anilines is 1. The molecule has 1 unspecified atom stereocenters. The highest BCUT2D eigenvalue weighted by Crippen LogP contribution is 2.38.